The van der Waals surface area contributed by atoms with Crippen LogP contribution in [0, 0.1) is 6.92 Å². The Morgan fingerprint density at radius 3 is 2.50 bits per heavy atom. The highest BCUT2D eigenvalue weighted by molar-refractivity contribution is 7.89. The summed E-state index contributed by atoms with van der Waals surface area (Å²) in [7, 11) is -3.66. The van der Waals surface area contributed by atoms with Crippen molar-refractivity contribution in [3.05, 3.63) is 60.0 Å². The molecule has 1 aliphatic heterocycles. The molecule has 1 amide bonds. The number of aryl methyl sites for hydroxylation is 2. The van der Waals surface area contributed by atoms with Crippen molar-refractivity contribution in [3.63, 3.8) is 0 Å². The summed E-state index contributed by atoms with van der Waals surface area (Å²) in [6.45, 7) is 3.01. The maximum Gasteiger partial charge on any atom is 0.247 e. The topological polar surface area (TPSA) is 105 Å². The molecule has 2 heterocycles. The number of nitrogens with one attached hydrogen (secondary N) is 1. The Morgan fingerprint density at radius 1 is 1.03 bits per heavy atom. The van der Waals surface area contributed by atoms with Crippen molar-refractivity contribution in [1.82, 2.24) is 14.5 Å². The number of aromatic nitrogens is 2. The van der Waals surface area contributed by atoms with Gasteiger partial charge in [-0.3, -0.25) is 4.79 Å². The fraction of sp³-hybridized carbons (Fsp3) is 0.348. The minimum absolute atomic E-state index is 0.0909. The van der Waals surface area contributed by atoms with Crippen LogP contribution in [-0.2, 0) is 21.2 Å². The standard InChI is InChI=1S/C23H26N4O4S/c1-17-9-11-18(12-10-17)23-26-25-22(31-23)14-13-21(28)24-19-7-3-4-8-20(19)32(29,30)27-15-5-2-6-16-27/h3-4,7-12H,2,5-6,13-16H2,1H3,(H,24,28). The maximum absolute atomic E-state index is 13.1. The molecule has 8 nitrogen and oxygen atoms in total. The molecule has 0 radical (unpaired) electrons. The third-order valence-electron chi connectivity index (χ3n) is 5.43. The molecular formula is C23H26N4O4S. The predicted molar refractivity (Wildman–Crippen MR) is 120 cm³/mol. The van der Waals surface area contributed by atoms with Crippen LogP contribution in [0.2, 0.25) is 0 Å². The van der Waals surface area contributed by atoms with Crippen LogP contribution >= 0.6 is 0 Å². The second-order valence-corrected chi connectivity index (χ2v) is 9.78. The Bertz CT molecular complexity index is 1180. The Balaban J connectivity index is 1.40. The molecule has 1 saturated heterocycles. The number of para-hydroxylation sites is 1. The van der Waals surface area contributed by atoms with Gasteiger partial charge >= 0.3 is 0 Å². The molecule has 32 heavy (non-hydrogen) atoms. The molecule has 0 unspecified atom stereocenters. The number of hydrogen-bond acceptors (Lipinski definition) is 6. The normalized spacial score (nSPS) is 14.9. The predicted octanol–water partition coefficient (Wildman–Crippen LogP) is 3.79. The average molecular weight is 455 g/mol. The number of benzene rings is 2. The lowest BCUT2D eigenvalue weighted by Crippen LogP contribution is -2.36. The first-order chi connectivity index (χ1) is 15.4. The minimum Gasteiger partial charge on any atom is -0.421 e. The van der Waals surface area contributed by atoms with Crippen molar-refractivity contribution in [1.29, 1.82) is 0 Å². The number of carbonyl (C=O) groups is 1. The molecule has 0 bridgehead atoms. The Kier molecular flexibility index (Phi) is 6.66. The second-order valence-electron chi connectivity index (χ2n) is 7.88. The van der Waals surface area contributed by atoms with Gasteiger partial charge in [-0.25, -0.2) is 8.42 Å². The van der Waals surface area contributed by atoms with E-state index in [4.69, 9.17) is 4.42 Å². The molecular weight excluding hydrogens is 428 g/mol. The van der Waals surface area contributed by atoms with Gasteiger partial charge in [0.05, 0.1) is 5.69 Å². The van der Waals surface area contributed by atoms with E-state index in [-0.39, 0.29) is 29.3 Å². The number of amides is 1. The van der Waals surface area contributed by atoms with Gasteiger partial charge in [0.2, 0.25) is 27.7 Å². The SMILES string of the molecule is Cc1ccc(-c2nnc(CCC(=O)Nc3ccccc3S(=O)(=O)N3CCCCC3)o2)cc1. The van der Waals surface area contributed by atoms with Crippen molar-refractivity contribution in [2.75, 3.05) is 18.4 Å². The monoisotopic (exact) mass is 454 g/mol. The molecule has 0 aliphatic carbocycles. The van der Waals surface area contributed by atoms with E-state index in [9.17, 15) is 13.2 Å². The molecule has 2 aromatic carbocycles. The van der Waals surface area contributed by atoms with Gasteiger partial charge in [-0.1, -0.05) is 36.2 Å². The van der Waals surface area contributed by atoms with E-state index in [2.05, 4.69) is 15.5 Å². The lowest BCUT2D eigenvalue weighted by molar-refractivity contribution is -0.116. The van der Waals surface area contributed by atoms with Gasteiger partial charge in [-0.2, -0.15) is 4.31 Å². The quantitative estimate of drug-likeness (QED) is 0.582. The number of rotatable bonds is 7. The summed E-state index contributed by atoms with van der Waals surface area (Å²) in [5.41, 5.74) is 2.23. The summed E-state index contributed by atoms with van der Waals surface area (Å²) in [5, 5.41) is 10.8. The van der Waals surface area contributed by atoms with Crippen LogP contribution in [0.25, 0.3) is 11.5 Å². The van der Waals surface area contributed by atoms with Gasteiger partial charge in [-0.05, 0) is 44.0 Å². The van der Waals surface area contributed by atoms with E-state index in [1.54, 1.807) is 18.2 Å². The lowest BCUT2D eigenvalue weighted by Gasteiger charge is -2.26. The van der Waals surface area contributed by atoms with Gasteiger partial charge in [0.15, 0.2) is 0 Å². The molecule has 168 valence electrons. The first kappa shape index (κ1) is 22.2. The van der Waals surface area contributed by atoms with E-state index in [0.29, 0.717) is 24.9 Å². The highest BCUT2D eigenvalue weighted by Gasteiger charge is 2.28. The van der Waals surface area contributed by atoms with Crippen LogP contribution in [0.5, 0.6) is 0 Å². The number of hydrogen-bond donors (Lipinski definition) is 1. The summed E-state index contributed by atoms with van der Waals surface area (Å²) in [5.74, 6) is 0.435. The zero-order valence-electron chi connectivity index (χ0n) is 18.0. The van der Waals surface area contributed by atoms with E-state index >= 15 is 0 Å². The van der Waals surface area contributed by atoms with Crippen LogP contribution < -0.4 is 5.32 Å². The van der Waals surface area contributed by atoms with Crippen LogP contribution in [0.4, 0.5) is 5.69 Å². The fourth-order valence-electron chi connectivity index (χ4n) is 3.64. The Labute approximate surface area is 187 Å². The second kappa shape index (κ2) is 9.62. The highest BCUT2D eigenvalue weighted by Crippen LogP contribution is 2.27. The van der Waals surface area contributed by atoms with Crippen LogP contribution in [0.1, 0.15) is 37.1 Å². The third-order valence-corrected chi connectivity index (χ3v) is 7.38. The summed E-state index contributed by atoms with van der Waals surface area (Å²) in [6, 6.07) is 14.2. The smallest absolute Gasteiger partial charge is 0.247 e. The number of anilines is 1. The highest BCUT2D eigenvalue weighted by atomic mass is 32.2. The summed E-state index contributed by atoms with van der Waals surface area (Å²) < 4.78 is 33.3. The molecule has 4 rings (SSSR count). The van der Waals surface area contributed by atoms with Gasteiger partial charge in [-0.15, -0.1) is 10.2 Å². The van der Waals surface area contributed by atoms with E-state index in [1.165, 1.54) is 10.4 Å². The van der Waals surface area contributed by atoms with Crippen molar-refractivity contribution in [2.45, 2.75) is 43.9 Å². The molecule has 9 heteroatoms. The van der Waals surface area contributed by atoms with Crippen molar-refractivity contribution >= 4 is 21.6 Å². The lowest BCUT2D eigenvalue weighted by atomic mass is 10.1. The number of sulfonamides is 1. The minimum atomic E-state index is -3.66. The maximum atomic E-state index is 13.1. The molecule has 0 atom stereocenters. The van der Waals surface area contributed by atoms with Gasteiger partial charge in [0, 0.05) is 31.5 Å². The summed E-state index contributed by atoms with van der Waals surface area (Å²) >= 11 is 0. The van der Waals surface area contributed by atoms with E-state index in [1.807, 2.05) is 31.2 Å². The van der Waals surface area contributed by atoms with Crippen molar-refractivity contribution in [2.24, 2.45) is 0 Å². The Morgan fingerprint density at radius 2 is 1.75 bits per heavy atom. The van der Waals surface area contributed by atoms with E-state index in [0.717, 1.165) is 30.4 Å². The zero-order chi connectivity index (χ0) is 22.6. The number of carbonyl (C=O) groups excluding carboxylic acids is 1. The van der Waals surface area contributed by atoms with Crippen molar-refractivity contribution in [3.8, 4) is 11.5 Å². The average Bonchev–Trinajstić information content (AvgIpc) is 3.28. The largest absolute Gasteiger partial charge is 0.421 e. The first-order valence-electron chi connectivity index (χ1n) is 10.7. The molecule has 1 aliphatic rings. The first-order valence-corrected chi connectivity index (χ1v) is 12.2. The van der Waals surface area contributed by atoms with Crippen molar-refractivity contribution < 1.29 is 17.6 Å². The molecule has 1 N–H and O–H groups in total. The molecule has 1 fully saturated rings. The van der Waals surface area contributed by atoms with Crippen LogP contribution in [0.3, 0.4) is 0 Å². The van der Waals surface area contributed by atoms with Crippen LogP contribution in [0.15, 0.2) is 57.8 Å². The van der Waals surface area contributed by atoms with E-state index < -0.39 is 10.0 Å². The molecule has 3 aromatic rings. The Hall–Kier alpha value is -3.04. The van der Waals surface area contributed by atoms with Gasteiger partial charge in [0.1, 0.15) is 4.90 Å². The molecule has 1 aromatic heterocycles. The summed E-state index contributed by atoms with van der Waals surface area (Å²) in [4.78, 5) is 12.7. The number of nitrogens with zero attached hydrogens (tertiary/aromatic N) is 3. The third kappa shape index (κ3) is 5.05. The number of piperidine rings is 1. The van der Waals surface area contributed by atoms with Gasteiger partial charge in [0.25, 0.3) is 0 Å². The molecule has 0 saturated carbocycles. The molecule has 0 spiro atoms. The summed E-state index contributed by atoms with van der Waals surface area (Å²) in [6.07, 6.45) is 3.08. The van der Waals surface area contributed by atoms with Crippen LogP contribution in [-0.4, -0.2) is 41.9 Å². The fourth-order valence-corrected chi connectivity index (χ4v) is 5.30. The van der Waals surface area contributed by atoms with Gasteiger partial charge < -0.3 is 9.73 Å². The zero-order valence-corrected chi connectivity index (χ0v) is 18.8.